The van der Waals surface area contributed by atoms with Gasteiger partial charge in [-0.1, -0.05) is 54.6 Å². The average molecular weight is 431 g/mol. The number of carbonyl (C=O) groups is 2. The fourth-order valence-corrected chi connectivity index (χ4v) is 9.70. The van der Waals surface area contributed by atoms with Gasteiger partial charge in [-0.2, -0.15) is 0 Å². The van der Waals surface area contributed by atoms with Crippen LogP contribution in [-0.4, -0.2) is 47.4 Å². The van der Waals surface area contributed by atoms with Crippen molar-refractivity contribution in [2.24, 2.45) is 0 Å². The molecular weight excluding hydrogens is 407 g/mol. The van der Waals surface area contributed by atoms with Crippen LogP contribution in [0.3, 0.4) is 0 Å². The van der Waals surface area contributed by atoms with E-state index >= 15 is 0 Å². The van der Waals surface area contributed by atoms with E-state index in [9.17, 15) is 9.59 Å². The molecule has 3 aromatic rings. The highest BCUT2D eigenvalue weighted by atomic mass is 31.2. The summed E-state index contributed by atoms with van der Waals surface area (Å²) in [5.41, 5.74) is -0.242. The molecule has 2 amide bonds. The first-order chi connectivity index (χ1) is 15.2. The van der Waals surface area contributed by atoms with Crippen LogP contribution in [0, 0.1) is 0 Å². The van der Waals surface area contributed by atoms with Crippen LogP contribution >= 0.6 is 7.26 Å². The van der Waals surface area contributed by atoms with Gasteiger partial charge >= 0.3 is 6.09 Å². The fraction of sp³-hybridized carbons (Fsp3) is 0.200. The highest BCUT2D eigenvalue weighted by molar-refractivity contribution is 7.96. The predicted molar refractivity (Wildman–Crippen MR) is 123 cm³/mol. The van der Waals surface area contributed by atoms with Crippen molar-refractivity contribution in [3.05, 3.63) is 91.0 Å². The molecule has 1 unspecified atom stereocenters. The zero-order valence-electron chi connectivity index (χ0n) is 17.1. The Kier molecular flexibility index (Phi) is 5.21. The van der Waals surface area contributed by atoms with Crippen molar-refractivity contribution in [1.82, 2.24) is 10.0 Å². The molecular formula is C25H24N2O3P+. The van der Waals surface area contributed by atoms with Crippen molar-refractivity contribution in [1.29, 1.82) is 0 Å². The number of carbonyl (C=O) groups excluding carboxylic acids is 2. The van der Waals surface area contributed by atoms with Crippen LogP contribution in [0.25, 0.3) is 0 Å². The first-order valence-electron chi connectivity index (χ1n) is 10.5. The summed E-state index contributed by atoms with van der Waals surface area (Å²) < 4.78 is 5.10. The molecule has 0 aromatic heterocycles. The molecule has 0 saturated carbocycles. The number of amides is 2. The van der Waals surface area contributed by atoms with Crippen molar-refractivity contribution in [2.75, 3.05) is 19.7 Å². The van der Waals surface area contributed by atoms with Gasteiger partial charge in [0.2, 0.25) is 0 Å². The van der Waals surface area contributed by atoms with E-state index in [0.29, 0.717) is 26.1 Å². The monoisotopic (exact) mass is 431 g/mol. The molecule has 2 saturated heterocycles. The molecule has 0 spiro atoms. The standard InChI is InChI=1S/C25H24N2O3P/c28-24-23(16-17-26(24)27-18-19-30-25(27)29)31(20-10-4-1-5-11-20,21-12-6-2-7-13-21)22-14-8-3-9-15-22/h1-15,23H,16-19H2/q+1. The molecule has 31 heavy (non-hydrogen) atoms. The van der Waals surface area contributed by atoms with Crippen LogP contribution in [0.15, 0.2) is 91.0 Å². The largest absolute Gasteiger partial charge is 0.446 e. The number of hydrogen-bond donors (Lipinski definition) is 0. The van der Waals surface area contributed by atoms with Crippen molar-refractivity contribution in [3.63, 3.8) is 0 Å². The van der Waals surface area contributed by atoms with Gasteiger partial charge in [-0.3, -0.25) is 4.79 Å². The minimum absolute atomic E-state index is 0.00347. The quantitative estimate of drug-likeness (QED) is 0.584. The molecule has 0 aliphatic carbocycles. The molecule has 3 aromatic carbocycles. The molecule has 2 aliphatic heterocycles. The lowest BCUT2D eigenvalue weighted by molar-refractivity contribution is -0.137. The molecule has 2 aliphatic rings. The van der Waals surface area contributed by atoms with Gasteiger partial charge in [0.15, 0.2) is 5.66 Å². The second-order valence-corrected chi connectivity index (χ2v) is 11.4. The van der Waals surface area contributed by atoms with Gasteiger partial charge in [0, 0.05) is 13.0 Å². The summed E-state index contributed by atoms with van der Waals surface area (Å²) in [7, 11) is -2.32. The van der Waals surface area contributed by atoms with Crippen LogP contribution in [0.4, 0.5) is 4.79 Å². The summed E-state index contributed by atoms with van der Waals surface area (Å²) in [6, 6.07) is 31.2. The molecule has 156 valence electrons. The maximum absolute atomic E-state index is 13.9. The lowest BCUT2D eigenvalue weighted by atomic mass is 10.3. The summed E-state index contributed by atoms with van der Waals surface area (Å²) in [5.74, 6) is 0.00347. The Bertz CT molecular complexity index is 979. The molecule has 1 atom stereocenters. The highest BCUT2D eigenvalue weighted by Crippen LogP contribution is 2.62. The van der Waals surface area contributed by atoms with E-state index in [0.717, 1.165) is 0 Å². The van der Waals surface area contributed by atoms with Gasteiger partial charge in [-0.05, 0) is 36.4 Å². The molecule has 0 radical (unpaired) electrons. The number of hydrogen-bond acceptors (Lipinski definition) is 3. The number of hydrazine groups is 1. The van der Waals surface area contributed by atoms with E-state index in [1.54, 1.807) is 5.01 Å². The number of cyclic esters (lactones) is 1. The number of benzene rings is 3. The predicted octanol–water partition coefficient (Wildman–Crippen LogP) is 2.95. The van der Waals surface area contributed by atoms with Crippen molar-refractivity contribution < 1.29 is 14.3 Å². The minimum Gasteiger partial charge on any atom is -0.446 e. The van der Waals surface area contributed by atoms with Crippen molar-refractivity contribution in [3.8, 4) is 0 Å². The van der Waals surface area contributed by atoms with E-state index in [4.69, 9.17) is 4.74 Å². The smallest absolute Gasteiger partial charge is 0.429 e. The summed E-state index contributed by atoms with van der Waals surface area (Å²) in [6.45, 7) is 1.27. The van der Waals surface area contributed by atoms with E-state index in [-0.39, 0.29) is 11.6 Å². The van der Waals surface area contributed by atoms with Crippen LogP contribution < -0.4 is 15.9 Å². The first kappa shape index (κ1) is 19.8. The van der Waals surface area contributed by atoms with E-state index in [1.165, 1.54) is 20.9 Å². The van der Waals surface area contributed by atoms with Gasteiger partial charge in [0.25, 0.3) is 5.91 Å². The van der Waals surface area contributed by atoms with Gasteiger partial charge < -0.3 is 4.74 Å². The van der Waals surface area contributed by atoms with Gasteiger partial charge in [-0.25, -0.2) is 14.8 Å². The van der Waals surface area contributed by atoms with Gasteiger partial charge in [-0.15, -0.1) is 0 Å². The molecule has 2 fully saturated rings. The van der Waals surface area contributed by atoms with Crippen LogP contribution in [0.1, 0.15) is 6.42 Å². The molecule has 0 N–H and O–H groups in total. The second-order valence-electron chi connectivity index (χ2n) is 7.73. The van der Waals surface area contributed by atoms with Gasteiger partial charge in [0.05, 0.1) is 6.54 Å². The Labute approximate surface area is 182 Å². The summed E-state index contributed by atoms with van der Waals surface area (Å²) in [6.07, 6.45) is 0.256. The maximum atomic E-state index is 13.9. The third kappa shape index (κ3) is 3.21. The second kappa shape index (κ2) is 8.16. The fourth-order valence-electron chi connectivity index (χ4n) is 4.83. The number of ether oxygens (including phenoxy) is 1. The Balaban J connectivity index is 1.71. The number of rotatable bonds is 5. The van der Waals surface area contributed by atoms with Crippen LogP contribution in [0.5, 0.6) is 0 Å². The zero-order valence-corrected chi connectivity index (χ0v) is 18.0. The lowest BCUT2D eigenvalue weighted by Crippen LogP contribution is -2.48. The van der Waals surface area contributed by atoms with Crippen molar-refractivity contribution >= 4 is 35.2 Å². The summed E-state index contributed by atoms with van der Waals surface area (Å²) in [5, 5.41) is 6.62. The molecule has 0 bridgehead atoms. The average Bonchev–Trinajstić information content (AvgIpc) is 3.42. The molecule has 5 rings (SSSR count). The third-order valence-corrected chi connectivity index (χ3v) is 10.9. The Morgan fingerprint density at radius 1 is 0.677 bits per heavy atom. The van der Waals surface area contributed by atoms with E-state index in [2.05, 4.69) is 36.4 Å². The van der Waals surface area contributed by atoms with Gasteiger partial charge in [0.1, 0.15) is 29.8 Å². The lowest BCUT2D eigenvalue weighted by Gasteiger charge is -2.32. The molecule has 5 nitrogen and oxygen atoms in total. The number of nitrogens with zero attached hydrogens (tertiary/aromatic N) is 2. The third-order valence-electron chi connectivity index (χ3n) is 6.14. The molecule has 2 heterocycles. The van der Waals surface area contributed by atoms with E-state index in [1.807, 2.05) is 54.6 Å². The Hall–Kier alpha value is -3.17. The van der Waals surface area contributed by atoms with Crippen molar-refractivity contribution in [2.45, 2.75) is 12.1 Å². The first-order valence-corrected chi connectivity index (χ1v) is 12.4. The summed E-state index contributed by atoms with van der Waals surface area (Å²) >= 11 is 0. The minimum atomic E-state index is -2.32. The van der Waals surface area contributed by atoms with E-state index < -0.39 is 13.4 Å². The topological polar surface area (TPSA) is 49.9 Å². The normalized spacial score (nSPS) is 19.0. The van der Waals surface area contributed by atoms with Crippen LogP contribution in [-0.2, 0) is 9.53 Å². The summed E-state index contributed by atoms with van der Waals surface area (Å²) in [4.78, 5) is 26.1. The zero-order chi connectivity index (χ0) is 21.3. The highest BCUT2D eigenvalue weighted by Gasteiger charge is 2.59. The molecule has 6 heteroatoms. The Morgan fingerprint density at radius 3 is 1.58 bits per heavy atom. The van der Waals surface area contributed by atoms with Crippen LogP contribution in [0.2, 0.25) is 0 Å². The Morgan fingerprint density at radius 2 is 1.16 bits per heavy atom. The maximum Gasteiger partial charge on any atom is 0.429 e. The SMILES string of the molecule is O=C1OCCN1N1CCC([P+](c2ccccc2)(c2ccccc2)c2ccccc2)C1=O.